The van der Waals surface area contributed by atoms with Gasteiger partial charge < -0.3 is 4.74 Å². The molecule has 68 valence electrons. The lowest BCUT2D eigenvalue weighted by Gasteiger charge is -2.05. The zero-order chi connectivity index (χ0) is 9.54. The molecule has 0 N–H and O–H groups in total. The number of fused-ring (bicyclic) bond motifs is 2. The highest BCUT2D eigenvalue weighted by molar-refractivity contribution is 5.34. The predicted octanol–water partition coefficient (Wildman–Crippen LogP) is 2.58. The molecule has 0 saturated heterocycles. The summed E-state index contributed by atoms with van der Waals surface area (Å²) in [6, 6.07) is 14.7. The predicted molar refractivity (Wildman–Crippen MR) is 54.8 cm³/mol. The molecule has 0 amide bonds. The van der Waals surface area contributed by atoms with Crippen LogP contribution in [0.25, 0.3) is 0 Å². The van der Waals surface area contributed by atoms with Crippen LogP contribution in [0.15, 0.2) is 42.5 Å². The summed E-state index contributed by atoms with van der Waals surface area (Å²) in [5.41, 5.74) is 0. The van der Waals surface area contributed by atoms with Crippen molar-refractivity contribution in [2.45, 2.75) is 0 Å². The van der Waals surface area contributed by atoms with E-state index in [1.54, 1.807) is 7.11 Å². The average Bonchev–Trinajstić information content (AvgIpc) is 2.25. The number of methoxy groups -OCH3 is 1. The van der Waals surface area contributed by atoms with E-state index in [-0.39, 0.29) is 0 Å². The largest absolute Gasteiger partial charge is 0.497 e. The minimum Gasteiger partial charge on any atom is -0.497 e. The highest BCUT2D eigenvalue weighted by Crippen LogP contribution is 2.17. The molecule has 0 heterocycles. The molecular formula is C13H10O. The summed E-state index contributed by atoms with van der Waals surface area (Å²) in [5, 5.41) is 5.33. The van der Waals surface area contributed by atoms with E-state index >= 15 is 0 Å². The fourth-order valence-electron chi connectivity index (χ4n) is 2.00. The standard InChI is InChI=1S/C13H10O/c1-14-9-6-7-12-10-4-2-3-5-11(10)13(12)8-9/h2-8H,1H3. The summed E-state index contributed by atoms with van der Waals surface area (Å²) < 4.78 is 5.20. The first-order valence-corrected chi connectivity index (χ1v) is 4.68. The molecule has 0 atom stereocenters. The van der Waals surface area contributed by atoms with Gasteiger partial charge in [0.15, 0.2) is 0 Å². The van der Waals surface area contributed by atoms with E-state index in [2.05, 4.69) is 36.4 Å². The van der Waals surface area contributed by atoms with Crippen LogP contribution in [0.4, 0.5) is 0 Å². The van der Waals surface area contributed by atoms with Crippen LogP contribution >= 0.6 is 0 Å². The average molecular weight is 182 g/mol. The SMILES string of the molecule is COc1ccc2c(c1)=c1ccccc1=2. The first-order chi connectivity index (χ1) is 6.90. The van der Waals surface area contributed by atoms with E-state index in [1.165, 1.54) is 20.9 Å². The van der Waals surface area contributed by atoms with Gasteiger partial charge in [-0.1, -0.05) is 30.3 Å². The molecule has 1 heteroatoms. The lowest BCUT2D eigenvalue weighted by Crippen LogP contribution is -1.92. The molecule has 1 aliphatic rings. The van der Waals surface area contributed by atoms with Gasteiger partial charge in [0.1, 0.15) is 5.75 Å². The minimum atomic E-state index is 0.929. The maximum atomic E-state index is 5.20. The zero-order valence-corrected chi connectivity index (χ0v) is 7.95. The van der Waals surface area contributed by atoms with Gasteiger partial charge in [0.05, 0.1) is 7.11 Å². The third kappa shape index (κ3) is 0.841. The van der Waals surface area contributed by atoms with Gasteiger partial charge in [-0.25, -0.2) is 0 Å². The lowest BCUT2D eigenvalue weighted by atomic mass is 10.0. The molecule has 0 bridgehead atoms. The normalized spacial score (nSPS) is 11.2. The molecular weight excluding hydrogens is 172 g/mol. The molecule has 0 fully saturated rings. The van der Waals surface area contributed by atoms with Crippen LogP contribution in [-0.4, -0.2) is 7.11 Å². The summed E-state index contributed by atoms with van der Waals surface area (Å²) in [6.45, 7) is 0. The van der Waals surface area contributed by atoms with Gasteiger partial charge in [0, 0.05) is 0 Å². The van der Waals surface area contributed by atoms with Crippen molar-refractivity contribution < 1.29 is 4.74 Å². The summed E-state index contributed by atoms with van der Waals surface area (Å²) in [7, 11) is 1.70. The van der Waals surface area contributed by atoms with Crippen molar-refractivity contribution in [1.82, 2.24) is 0 Å². The van der Waals surface area contributed by atoms with Crippen molar-refractivity contribution in [2.24, 2.45) is 0 Å². The summed E-state index contributed by atoms with van der Waals surface area (Å²) >= 11 is 0. The highest BCUT2D eigenvalue weighted by Gasteiger charge is 2.01. The Labute approximate surface area is 81.6 Å². The molecule has 0 saturated carbocycles. The number of hydrogen-bond acceptors (Lipinski definition) is 1. The number of hydrogen-bond donors (Lipinski definition) is 0. The van der Waals surface area contributed by atoms with Crippen molar-refractivity contribution >= 4 is 0 Å². The van der Waals surface area contributed by atoms with E-state index < -0.39 is 0 Å². The second kappa shape index (κ2) is 2.61. The first-order valence-electron chi connectivity index (χ1n) is 4.68. The summed E-state index contributed by atoms with van der Waals surface area (Å²) in [6.07, 6.45) is 0. The molecule has 0 spiro atoms. The zero-order valence-electron chi connectivity index (χ0n) is 7.95. The Morgan fingerprint density at radius 2 is 1.43 bits per heavy atom. The van der Waals surface area contributed by atoms with Crippen molar-refractivity contribution in [1.29, 1.82) is 0 Å². The van der Waals surface area contributed by atoms with Gasteiger partial charge in [0.25, 0.3) is 0 Å². The van der Waals surface area contributed by atoms with Gasteiger partial charge in [-0.3, -0.25) is 0 Å². The monoisotopic (exact) mass is 182 g/mol. The fraction of sp³-hybridized carbons (Fsp3) is 0.0769. The molecule has 2 aromatic rings. The lowest BCUT2D eigenvalue weighted by molar-refractivity contribution is 0.414. The Kier molecular flexibility index (Phi) is 1.42. The molecule has 14 heavy (non-hydrogen) atoms. The quantitative estimate of drug-likeness (QED) is 0.562. The molecule has 0 radical (unpaired) electrons. The van der Waals surface area contributed by atoms with Gasteiger partial charge in [-0.2, -0.15) is 0 Å². The van der Waals surface area contributed by atoms with Gasteiger partial charge in [-0.05, 0) is 33.0 Å². The van der Waals surface area contributed by atoms with Crippen molar-refractivity contribution in [3.63, 3.8) is 0 Å². The third-order valence-electron chi connectivity index (χ3n) is 2.73. The van der Waals surface area contributed by atoms with Crippen LogP contribution < -0.4 is 4.74 Å². The highest BCUT2D eigenvalue weighted by atomic mass is 16.5. The summed E-state index contributed by atoms with van der Waals surface area (Å²) in [5.74, 6) is 0.929. The second-order valence-corrected chi connectivity index (χ2v) is 3.46. The molecule has 0 unspecified atom stereocenters. The first kappa shape index (κ1) is 7.63. The third-order valence-corrected chi connectivity index (χ3v) is 2.73. The molecule has 1 aliphatic carbocycles. The van der Waals surface area contributed by atoms with Gasteiger partial charge in [0.2, 0.25) is 0 Å². The van der Waals surface area contributed by atoms with Crippen LogP contribution in [0.5, 0.6) is 5.75 Å². The Bertz CT molecular complexity index is 671. The van der Waals surface area contributed by atoms with Crippen LogP contribution in [0.1, 0.15) is 0 Å². The number of rotatable bonds is 1. The molecule has 3 rings (SSSR count). The number of benzene rings is 2. The molecule has 0 aliphatic heterocycles. The second-order valence-electron chi connectivity index (χ2n) is 3.46. The van der Waals surface area contributed by atoms with Gasteiger partial charge >= 0.3 is 0 Å². The topological polar surface area (TPSA) is 9.23 Å². The number of ether oxygens (including phenoxy) is 1. The Morgan fingerprint density at radius 1 is 0.786 bits per heavy atom. The van der Waals surface area contributed by atoms with Crippen LogP contribution in [0.2, 0.25) is 0 Å². The van der Waals surface area contributed by atoms with Crippen LogP contribution in [0.3, 0.4) is 0 Å². The Hall–Kier alpha value is -1.76. The Balaban J connectivity index is 2.49. The maximum Gasteiger partial charge on any atom is 0.119 e. The van der Waals surface area contributed by atoms with E-state index in [9.17, 15) is 0 Å². The van der Waals surface area contributed by atoms with Crippen LogP contribution in [-0.2, 0) is 0 Å². The Morgan fingerprint density at radius 3 is 2.14 bits per heavy atom. The van der Waals surface area contributed by atoms with Crippen molar-refractivity contribution in [3.8, 4) is 5.75 Å². The molecule has 0 aromatic heterocycles. The van der Waals surface area contributed by atoms with Crippen LogP contribution in [0, 0.1) is 20.9 Å². The maximum absolute atomic E-state index is 5.20. The molecule has 1 nitrogen and oxygen atoms in total. The fourth-order valence-corrected chi connectivity index (χ4v) is 2.00. The van der Waals surface area contributed by atoms with Gasteiger partial charge in [-0.15, -0.1) is 0 Å². The van der Waals surface area contributed by atoms with E-state index in [0.717, 1.165) is 5.75 Å². The smallest absolute Gasteiger partial charge is 0.119 e. The minimum absolute atomic E-state index is 0.929. The molecule has 2 aromatic carbocycles. The summed E-state index contributed by atoms with van der Waals surface area (Å²) in [4.78, 5) is 0. The van der Waals surface area contributed by atoms with E-state index in [1.807, 2.05) is 6.07 Å². The van der Waals surface area contributed by atoms with Crippen molar-refractivity contribution in [2.75, 3.05) is 7.11 Å². The van der Waals surface area contributed by atoms with E-state index in [0.29, 0.717) is 0 Å². The van der Waals surface area contributed by atoms with Crippen molar-refractivity contribution in [3.05, 3.63) is 63.3 Å². The van der Waals surface area contributed by atoms with E-state index in [4.69, 9.17) is 4.74 Å².